The zero-order valence-corrected chi connectivity index (χ0v) is 14.4. The molecule has 2 rings (SSSR count). The monoisotopic (exact) mass is 328 g/mol. The Morgan fingerprint density at radius 2 is 1.74 bits per heavy atom. The predicted molar refractivity (Wildman–Crippen MR) is 100 cm³/mol. The van der Waals surface area contributed by atoms with E-state index < -0.39 is 0 Å². The zero-order valence-electron chi connectivity index (χ0n) is 13.5. The topological polar surface area (TPSA) is 41.1 Å². The molecule has 1 amide bonds. The van der Waals surface area contributed by atoms with E-state index in [2.05, 4.69) is 17.6 Å². The van der Waals surface area contributed by atoms with Crippen LogP contribution in [0.15, 0.2) is 54.6 Å². The lowest BCUT2D eigenvalue weighted by Gasteiger charge is -2.08. The van der Waals surface area contributed by atoms with E-state index >= 15 is 0 Å². The van der Waals surface area contributed by atoms with Crippen LogP contribution < -0.4 is 10.6 Å². The number of hydrogen-bond donors (Lipinski definition) is 2. The minimum Gasteiger partial charge on any atom is -0.385 e. The molecule has 0 aliphatic heterocycles. The second-order valence-corrected chi connectivity index (χ2v) is 6.51. The van der Waals surface area contributed by atoms with Crippen LogP contribution in [0.4, 0.5) is 5.69 Å². The molecule has 122 valence electrons. The molecule has 0 fully saturated rings. The van der Waals surface area contributed by atoms with E-state index in [0.29, 0.717) is 6.54 Å². The molecule has 0 bridgehead atoms. The SMILES string of the molecule is CCSCc1ccc(C(=O)NCCCNc2ccccc2)cc1. The first-order chi connectivity index (χ1) is 11.3. The van der Waals surface area contributed by atoms with Crippen LogP contribution >= 0.6 is 11.8 Å². The Morgan fingerprint density at radius 3 is 2.43 bits per heavy atom. The van der Waals surface area contributed by atoms with Gasteiger partial charge in [-0.15, -0.1) is 0 Å². The van der Waals surface area contributed by atoms with E-state index in [-0.39, 0.29) is 5.91 Å². The van der Waals surface area contributed by atoms with Crippen molar-refractivity contribution in [1.29, 1.82) is 0 Å². The van der Waals surface area contributed by atoms with Gasteiger partial charge >= 0.3 is 0 Å². The van der Waals surface area contributed by atoms with Gasteiger partial charge in [-0.25, -0.2) is 0 Å². The lowest BCUT2D eigenvalue weighted by Crippen LogP contribution is -2.25. The van der Waals surface area contributed by atoms with Gasteiger partial charge in [0.2, 0.25) is 0 Å². The Kier molecular flexibility index (Phi) is 7.54. The third kappa shape index (κ3) is 6.37. The zero-order chi connectivity index (χ0) is 16.3. The molecule has 0 atom stereocenters. The summed E-state index contributed by atoms with van der Waals surface area (Å²) in [6, 6.07) is 18.0. The van der Waals surface area contributed by atoms with Crippen LogP contribution in [-0.4, -0.2) is 24.7 Å². The maximum Gasteiger partial charge on any atom is 0.251 e. The number of rotatable bonds is 9. The largest absolute Gasteiger partial charge is 0.385 e. The first-order valence-corrected chi connectivity index (χ1v) is 9.19. The molecule has 23 heavy (non-hydrogen) atoms. The Hall–Kier alpha value is -1.94. The summed E-state index contributed by atoms with van der Waals surface area (Å²) >= 11 is 1.89. The summed E-state index contributed by atoms with van der Waals surface area (Å²) in [5, 5.41) is 6.30. The van der Waals surface area contributed by atoms with Gasteiger partial charge in [-0.2, -0.15) is 11.8 Å². The molecule has 2 aromatic carbocycles. The van der Waals surface area contributed by atoms with Gasteiger partial charge in [0.1, 0.15) is 0 Å². The highest BCUT2D eigenvalue weighted by Crippen LogP contribution is 2.12. The second kappa shape index (κ2) is 9.95. The van der Waals surface area contributed by atoms with Gasteiger partial charge in [0.15, 0.2) is 0 Å². The molecule has 0 saturated heterocycles. The molecule has 0 aliphatic carbocycles. The quantitative estimate of drug-likeness (QED) is 0.679. The molecule has 2 aromatic rings. The standard InChI is InChI=1S/C19H24N2OS/c1-2-23-15-16-9-11-17(12-10-16)19(22)21-14-6-13-20-18-7-4-3-5-8-18/h3-5,7-12,20H,2,6,13-15H2,1H3,(H,21,22). The van der Waals surface area contributed by atoms with Gasteiger partial charge in [0.05, 0.1) is 0 Å². The lowest BCUT2D eigenvalue weighted by atomic mass is 10.1. The summed E-state index contributed by atoms with van der Waals surface area (Å²) < 4.78 is 0. The number of thioether (sulfide) groups is 1. The van der Waals surface area contributed by atoms with Crippen LogP contribution in [0, 0.1) is 0 Å². The smallest absolute Gasteiger partial charge is 0.251 e. The van der Waals surface area contributed by atoms with Crippen LogP contribution in [-0.2, 0) is 5.75 Å². The fourth-order valence-corrected chi connectivity index (χ4v) is 2.79. The van der Waals surface area contributed by atoms with Crippen LogP contribution in [0.25, 0.3) is 0 Å². The number of nitrogens with one attached hydrogen (secondary N) is 2. The van der Waals surface area contributed by atoms with Gasteiger partial charge in [0.25, 0.3) is 5.91 Å². The van der Waals surface area contributed by atoms with Gasteiger partial charge in [-0.05, 0) is 42.0 Å². The second-order valence-electron chi connectivity index (χ2n) is 5.24. The molecule has 0 aromatic heterocycles. The molecule has 0 heterocycles. The minimum atomic E-state index is -0.000550. The van der Waals surface area contributed by atoms with Crippen LogP contribution in [0.3, 0.4) is 0 Å². The number of benzene rings is 2. The highest BCUT2D eigenvalue weighted by atomic mass is 32.2. The Balaban J connectivity index is 1.66. The van der Waals surface area contributed by atoms with Crippen molar-refractivity contribution >= 4 is 23.4 Å². The minimum absolute atomic E-state index is 0.000550. The van der Waals surface area contributed by atoms with Crippen molar-refractivity contribution in [2.45, 2.75) is 19.1 Å². The van der Waals surface area contributed by atoms with Crippen molar-refractivity contribution in [1.82, 2.24) is 5.32 Å². The van der Waals surface area contributed by atoms with Crippen molar-refractivity contribution in [3.8, 4) is 0 Å². The van der Waals surface area contributed by atoms with Crippen LogP contribution in [0.5, 0.6) is 0 Å². The maximum absolute atomic E-state index is 12.1. The number of para-hydroxylation sites is 1. The van der Waals surface area contributed by atoms with Crippen molar-refractivity contribution in [2.24, 2.45) is 0 Å². The number of amides is 1. The summed E-state index contributed by atoms with van der Waals surface area (Å²) in [6.45, 7) is 3.67. The average Bonchev–Trinajstić information content (AvgIpc) is 2.61. The first-order valence-electron chi connectivity index (χ1n) is 8.03. The Bertz CT molecular complexity index is 584. The van der Waals surface area contributed by atoms with E-state index in [1.54, 1.807) is 0 Å². The average molecular weight is 328 g/mol. The molecule has 0 radical (unpaired) electrons. The van der Waals surface area contributed by atoms with E-state index in [0.717, 1.165) is 35.7 Å². The third-order valence-corrected chi connectivity index (χ3v) is 4.38. The van der Waals surface area contributed by atoms with Crippen molar-refractivity contribution in [3.63, 3.8) is 0 Å². The lowest BCUT2D eigenvalue weighted by molar-refractivity contribution is 0.0953. The van der Waals surface area contributed by atoms with E-state index in [1.807, 2.05) is 66.4 Å². The van der Waals surface area contributed by atoms with Crippen molar-refractivity contribution in [3.05, 3.63) is 65.7 Å². The van der Waals surface area contributed by atoms with Gasteiger partial charge in [0, 0.05) is 30.1 Å². The van der Waals surface area contributed by atoms with Crippen molar-refractivity contribution < 1.29 is 4.79 Å². The highest BCUT2D eigenvalue weighted by Gasteiger charge is 2.04. The highest BCUT2D eigenvalue weighted by molar-refractivity contribution is 7.98. The van der Waals surface area contributed by atoms with E-state index in [4.69, 9.17) is 0 Å². The predicted octanol–water partition coefficient (Wildman–Crippen LogP) is 4.17. The van der Waals surface area contributed by atoms with Gasteiger partial charge in [-0.3, -0.25) is 4.79 Å². The van der Waals surface area contributed by atoms with Gasteiger partial charge in [-0.1, -0.05) is 37.3 Å². The summed E-state index contributed by atoms with van der Waals surface area (Å²) in [5.74, 6) is 2.11. The molecular formula is C19H24N2OS. The molecule has 0 unspecified atom stereocenters. The first kappa shape index (κ1) is 17.4. The van der Waals surface area contributed by atoms with Crippen molar-refractivity contribution in [2.75, 3.05) is 24.2 Å². The van der Waals surface area contributed by atoms with Gasteiger partial charge < -0.3 is 10.6 Å². The van der Waals surface area contributed by atoms with E-state index in [9.17, 15) is 4.79 Å². The summed E-state index contributed by atoms with van der Waals surface area (Å²) in [4.78, 5) is 12.1. The summed E-state index contributed by atoms with van der Waals surface area (Å²) in [5.41, 5.74) is 3.10. The Labute approximate surface area is 142 Å². The molecule has 0 spiro atoms. The van der Waals surface area contributed by atoms with Crippen LogP contribution in [0.1, 0.15) is 29.3 Å². The fraction of sp³-hybridized carbons (Fsp3) is 0.316. The number of anilines is 1. The summed E-state index contributed by atoms with van der Waals surface area (Å²) in [7, 11) is 0. The molecule has 2 N–H and O–H groups in total. The molecular weight excluding hydrogens is 304 g/mol. The number of carbonyl (C=O) groups is 1. The summed E-state index contributed by atoms with van der Waals surface area (Å²) in [6.07, 6.45) is 0.895. The number of hydrogen-bond acceptors (Lipinski definition) is 3. The number of carbonyl (C=O) groups excluding carboxylic acids is 1. The van der Waals surface area contributed by atoms with E-state index in [1.165, 1.54) is 5.56 Å². The third-order valence-electron chi connectivity index (χ3n) is 3.43. The fourth-order valence-electron chi connectivity index (χ4n) is 2.15. The Morgan fingerprint density at radius 1 is 1.00 bits per heavy atom. The van der Waals surface area contributed by atoms with Crippen LogP contribution in [0.2, 0.25) is 0 Å². The normalized spacial score (nSPS) is 10.3. The molecule has 0 saturated carbocycles. The molecule has 4 heteroatoms. The maximum atomic E-state index is 12.1. The molecule has 3 nitrogen and oxygen atoms in total. The molecule has 0 aliphatic rings.